The van der Waals surface area contributed by atoms with E-state index in [4.69, 9.17) is 0 Å². The summed E-state index contributed by atoms with van der Waals surface area (Å²) in [5.74, 6) is 0.128. The first kappa shape index (κ1) is 21.6. The molecule has 0 radical (unpaired) electrons. The summed E-state index contributed by atoms with van der Waals surface area (Å²) < 4.78 is 0. The maximum Gasteiger partial charge on any atom is 0.237 e. The zero-order valence-electron chi connectivity index (χ0n) is 16.8. The fourth-order valence-electron chi connectivity index (χ4n) is 4.14. The van der Waals surface area contributed by atoms with E-state index in [0.29, 0.717) is 6.54 Å². The highest BCUT2D eigenvalue weighted by Gasteiger charge is 2.22. The molecule has 2 saturated heterocycles. The molecule has 2 heterocycles. The number of nitrogens with one attached hydrogen (secondary N) is 2. The van der Waals surface area contributed by atoms with Crippen molar-refractivity contribution in [1.82, 2.24) is 15.5 Å². The molecule has 2 aromatic carbocycles. The molecular weight excluding hydrogens is 384 g/mol. The number of halogens is 1. The van der Waals surface area contributed by atoms with Crippen LogP contribution in [0.5, 0.6) is 0 Å². The Bertz CT molecular complexity index is 771. The highest BCUT2D eigenvalue weighted by molar-refractivity contribution is 5.85. The lowest BCUT2D eigenvalue weighted by Crippen LogP contribution is -2.46. The van der Waals surface area contributed by atoms with Crippen molar-refractivity contribution in [3.05, 3.63) is 65.7 Å². The molecule has 1 unspecified atom stereocenters. The SMILES string of the molecule is Cl.O=C(NCc1ccccc1CN1CCN(c2ccccc2)CC1)C1CCCN1. The van der Waals surface area contributed by atoms with Gasteiger partial charge < -0.3 is 15.5 Å². The molecule has 0 bridgehead atoms. The lowest BCUT2D eigenvalue weighted by Gasteiger charge is -2.36. The average molecular weight is 415 g/mol. The van der Waals surface area contributed by atoms with Crippen molar-refractivity contribution in [1.29, 1.82) is 0 Å². The van der Waals surface area contributed by atoms with Crippen molar-refractivity contribution in [2.24, 2.45) is 0 Å². The van der Waals surface area contributed by atoms with Crippen LogP contribution in [0.3, 0.4) is 0 Å². The summed E-state index contributed by atoms with van der Waals surface area (Å²) in [6.45, 7) is 6.72. The maximum absolute atomic E-state index is 12.3. The normalized spacial score (nSPS) is 19.6. The number of benzene rings is 2. The summed E-state index contributed by atoms with van der Waals surface area (Å²) in [5, 5.41) is 6.38. The number of piperazine rings is 1. The van der Waals surface area contributed by atoms with Gasteiger partial charge >= 0.3 is 0 Å². The molecule has 0 saturated carbocycles. The first-order chi connectivity index (χ1) is 13.8. The Kier molecular flexibility index (Phi) is 7.92. The molecule has 6 heteroatoms. The van der Waals surface area contributed by atoms with Crippen LogP contribution in [0.4, 0.5) is 5.69 Å². The van der Waals surface area contributed by atoms with Crippen LogP contribution in [0.2, 0.25) is 0 Å². The highest BCUT2D eigenvalue weighted by atomic mass is 35.5. The van der Waals surface area contributed by atoms with Gasteiger partial charge in [-0.05, 0) is 42.6 Å². The Morgan fingerprint density at radius 2 is 1.66 bits per heavy atom. The van der Waals surface area contributed by atoms with E-state index < -0.39 is 0 Å². The summed E-state index contributed by atoms with van der Waals surface area (Å²) in [5.41, 5.74) is 3.85. The molecule has 5 nitrogen and oxygen atoms in total. The second kappa shape index (κ2) is 10.6. The lowest BCUT2D eigenvalue weighted by molar-refractivity contribution is -0.122. The Morgan fingerprint density at radius 3 is 2.34 bits per heavy atom. The second-order valence-corrected chi connectivity index (χ2v) is 7.73. The molecule has 0 aromatic heterocycles. The maximum atomic E-state index is 12.3. The largest absolute Gasteiger partial charge is 0.369 e. The van der Waals surface area contributed by atoms with Gasteiger partial charge in [-0.3, -0.25) is 9.69 Å². The van der Waals surface area contributed by atoms with Crippen LogP contribution in [0, 0.1) is 0 Å². The molecule has 156 valence electrons. The van der Waals surface area contributed by atoms with Gasteiger partial charge in [-0.15, -0.1) is 12.4 Å². The van der Waals surface area contributed by atoms with Gasteiger partial charge in [-0.2, -0.15) is 0 Å². The molecule has 0 spiro atoms. The van der Waals surface area contributed by atoms with Crippen molar-refractivity contribution in [3.8, 4) is 0 Å². The van der Waals surface area contributed by atoms with E-state index in [1.54, 1.807) is 0 Å². The quantitative estimate of drug-likeness (QED) is 0.763. The predicted octanol–water partition coefficient (Wildman–Crippen LogP) is 2.80. The van der Waals surface area contributed by atoms with Gasteiger partial charge in [0.25, 0.3) is 0 Å². The van der Waals surface area contributed by atoms with Crippen molar-refractivity contribution in [2.45, 2.75) is 32.0 Å². The zero-order valence-corrected chi connectivity index (χ0v) is 17.7. The third-order valence-electron chi connectivity index (χ3n) is 5.84. The molecule has 2 N–H and O–H groups in total. The lowest BCUT2D eigenvalue weighted by atomic mass is 10.1. The van der Waals surface area contributed by atoms with Crippen molar-refractivity contribution < 1.29 is 4.79 Å². The van der Waals surface area contributed by atoms with E-state index in [9.17, 15) is 4.79 Å². The van der Waals surface area contributed by atoms with Gasteiger partial charge in [0.15, 0.2) is 0 Å². The molecule has 1 amide bonds. The molecule has 0 aliphatic carbocycles. The smallest absolute Gasteiger partial charge is 0.237 e. The fraction of sp³-hybridized carbons (Fsp3) is 0.435. The third kappa shape index (κ3) is 5.72. The van der Waals surface area contributed by atoms with E-state index in [1.807, 2.05) is 0 Å². The van der Waals surface area contributed by atoms with Crippen molar-refractivity contribution >= 4 is 24.0 Å². The monoisotopic (exact) mass is 414 g/mol. The number of rotatable bonds is 6. The molecule has 29 heavy (non-hydrogen) atoms. The fourth-order valence-corrected chi connectivity index (χ4v) is 4.14. The van der Waals surface area contributed by atoms with E-state index in [1.165, 1.54) is 16.8 Å². The number of anilines is 1. The number of carbonyl (C=O) groups excluding carboxylic acids is 1. The number of hydrogen-bond donors (Lipinski definition) is 2. The minimum Gasteiger partial charge on any atom is -0.369 e. The summed E-state index contributed by atoms with van der Waals surface area (Å²) in [7, 11) is 0. The van der Waals surface area contributed by atoms with Crippen LogP contribution < -0.4 is 15.5 Å². The van der Waals surface area contributed by atoms with Crippen LogP contribution in [0.25, 0.3) is 0 Å². The van der Waals surface area contributed by atoms with Crippen molar-refractivity contribution in [3.63, 3.8) is 0 Å². The Hall–Kier alpha value is -2.08. The molecule has 2 fully saturated rings. The van der Waals surface area contributed by atoms with Crippen LogP contribution in [-0.4, -0.2) is 49.6 Å². The molecule has 2 aliphatic heterocycles. The third-order valence-corrected chi connectivity index (χ3v) is 5.84. The summed E-state index contributed by atoms with van der Waals surface area (Å²) >= 11 is 0. The summed E-state index contributed by atoms with van der Waals surface area (Å²) in [6, 6.07) is 19.1. The first-order valence-electron chi connectivity index (χ1n) is 10.4. The molecule has 4 rings (SSSR count). The minimum absolute atomic E-state index is 0. The number of nitrogens with zero attached hydrogens (tertiary/aromatic N) is 2. The standard InChI is InChI=1S/C23H30N4O.ClH/c28-23(22-11-6-12-24-22)25-17-19-7-4-5-8-20(19)18-26-13-15-27(16-14-26)21-9-2-1-3-10-21;/h1-5,7-10,22,24H,6,11-18H2,(H,25,28);1H. The predicted molar refractivity (Wildman–Crippen MR) is 120 cm³/mol. The van der Waals surface area contributed by atoms with Crippen LogP contribution in [0.15, 0.2) is 54.6 Å². The second-order valence-electron chi connectivity index (χ2n) is 7.73. The Morgan fingerprint density at radius 1 is 0.966 bits per heavy atom. The van der Waals surface area contributed by atoms with Gasteiger partial charge in [0.05, 0.1) is 6.04 Å². The number of carbonyl (C=O) groups is 1. The van der Waals surface area contributed by atoms with Gasteiger partial charge in [0, 0.05) is 45.0 Å². The molecule has 2 aromatic rings. The number of para-hydroxylation sites is 1. The van der Waals surface area contributed by atoms with E-state index in [0.717, 1.165) is 52.1 Å². The number of hydrogen-bond acceptors (Lipinski definition) is 4. The average Bonchev–Trinajstić information content (AvgIpc) is 3.29. The topological polar surface area (TPSA) is 47.6 Å². The van der Waals surface area contributed by atoms with E-state index >= 15 is 0 Å². The van der Waals surface area contributed by atoms with Gasteiger partial charge in [0.2, 0.25) is 5.91 Å². The van der Waals surface area contributed by atoms with Crippen LogP contribution >= 0.6 is 12.4 Å². The van der Waals surface area contributed by atoms with Gasteiger partial charge in [-0.1, -0.05) is 42.5 Å². The summed E-state index contributed by atoms with van der Waals surface area (Å²) in [4.78, 5) is 17.3. The zero-order chi connectivity index (χ0) is 19.2. The molecule has 2 aliphatic rings. The van der Waals surface area contributed by atoms with Crippen molar-refractivity contribution in [2.75, 3.05) is 37.6 Å². The molecular formula is C23H31ClN4O. The Balaban J connectivity index is 0.00000240. The summed E-state index contributed by atoms with van der Waals surface area (Å²) in [6.07, 6.45) is 2.03. The Labute approximate surface area is 179 Å². The van der Waals surface area contributed by atoms with Gasteiger partial charge in [-0.25, -0.2) is 0 Å². The van der Waals surface area contributed by atoms with E-state index in [2.05, 4.69) is 75.0 Å². The molecule has 1 atom stereocenters. The first-order valence-corrected chi connectivity index (χ1v) is 10.4. The number of amides is 1. The van der Waals surface area contributed by atoms with Crippen LogP contribution in [0.1, 0.15) is 24.0 Å². The van der Waals surface area contributed by atoms with E-state index in [-0.39, 0.29) is 24.4 Å². The highest BCUT2D eigenvalue weighted by Crippen LogP contribution is 2.18. The minimum atomic E-state index is -0.0155. The van der Waals surface area contributed by atoms with Gasteiger partial charge in [0.1, 0.15) is 0 Å². The van der Waals surface area contributed by atoms with Crippen LogP contribution in [-0.2, 0) is 17.9 Å².